The standard InChI is InChI=1S/C14H17ClN2O4S/c1-22(20,21)17-13(18)8-10-4-7-12(16-14(10)19)9-2-5-11(15)6-3-9/h2-3,5-6,10,12H,4,7-8H2,1H3,(H,16,19)(H,17,18). The Morgan fingerprint density at radius 2 is 1.95 bits per heavy atom. The van der Waals surface area contributed by atoms with Crippen LogP contribution in [0.25, 0.3) is 0 Å². The first kappa shape index (κ1) is 16.8. The van der Waals surface area contributed by atoms with E-state index in [0.29, 0.717) is 17.9 Å². The van der Waals surface area contributed by atoms with Gasteiger partial charge in [0.2, 0.25) is 21.8 Å². The van der Waals surface area contributed by atoms with Crippen LogP contribution in [0.15, 0.2) is 24.3 Å². The van der Waals surface area contributed by atoms with E-state index in [0.717, 1.165) is 11.8 Å². The van der Waals surface area contributed by atoms with E-state index in [-0.39, 0.29) is 18.4 Å². The fourth-order valence-corrected chi connectivity index (χ4v) is 3.10. The molecule has 0 spiro atoms. The fraction of sp³-hybridized carbons (Fsp3) is 0.429. The molecule has 2 rings (SSSR count). The van der Waals surface area contributed by atoms with E-state index in [1.807, 2.05) is 16.9 Å². The minimum absolute atomic E-state index is 0.112. The lowest BCUT2D eigenvalue weighted by molar-refractivity contribution is -0.132. The van der Waals surface area contributed by atoms with Gasteiger partial charge in [-0.05, 0) is 30.5 Å². The molecule has 2 amide bonds. The molecule has 2 atom stereocenters. The zero-order valence-electron chi connectivity index (χ0n) is 12.0. The Kier molecular flexibility index (Phi) is 5.08. The third-order valence-corrected chi connectivity index (χ3v) is 4.34. The lowest BCUT2D eigenvalue weighted by atomic mass is 9.88. The van der Waals surface area contributed by atoms with Crippen LogP contribution in [0.4, 0.5) is 0 Å². The van der Waals surface area contributed by atoms with Crippen molar-refractivity contribution in [3.8, 4) is 0 Å². The first-order valence-electron chi connectivity index (χ1n) is 6.81. The topological polar surface area (TPSA) is 92.3 Å². The highest BCUT2D eigenvalue weighted by atomic mass is 35.5. The van der Waals surface area contributed by atoms with Crippen LogP contribution in [0.5, 0.6) is 0 Å². The van der Waals surface area contributed by atoms with Crippen molar-refractivity contribution >= 4 is 33.4 Å². The van der Waals surface area contributed by atoms with Crippen molar-refractivity contribution in [2.45, 2.75) is 25.3 Å². The summed E-state index contributed by atoms with van der Waals surface area (Å²) in [5.74, 6) is -1.41. The van der Waals surface area contributed by atoms with Crippen LogP contribution in [0.2, 0.25) is 5.02 Å². The van der Waals surface area contributed by atoms with Gasteiger partial charge >= 0.3 is 0 Å². The molecule has 0 saturated carbocycles. The number of carbonyl (C=O) groups is 2. The Hall–Kier alpha value is -1.60. The third kappa shape index (κ3) is 4.71. The van der Waals surface area contributed by atoms with Gasteiger partial charge in [-0.15, -0.1) is 0 Å². The van der Waals surface area contributed by atoms with Crippen molar-refractivity contribution in [3.63, 3.8) is 0 Å². The Morgan fingerprint density at radius 3 is 2.50 bits per heavy atom. The highest BCUT2D eigenvalue weighted by Crippen LogP contribution is 2.28. The Morgan fingerprint density at radius 1 is 1.32 bits per heavy atom. The number of halogens is 1. The molecule has 8 heteroatoms. The molecule has 22 heavy (non-hydrogen) atoms. The summed E-state index contributed by atoms with van der Waals surface area (Å²) < 4.78 is 23.8. The summed E-state index contributed by atoms with van der Waals surface area (Å²) in [6.07, 6.45) is 1.98. The van der Waals surface area contributed by atoms with Crippen molar-refractivity contribution in [1.29, 1.82) is 0 Å². The van der Waals surface area contributed by atoms with Gasteiger partial charge in [-0.2, -0.15) is 0 Å². The molecule has 6 nitrogen and oxygen atoms in total. The highest BCUT2D eigenvalue weighted by molar-refractivity contribution is 7.89. The largest absolute Gasteiger partial charge is 0.349 e. The second-order valence-electron chi connectivity index (χ2n) is 5.39. The number of nitrogens with one attached hydrogen (secondary N) is 2. The van der Waals surface area contributed by atoms with Gasteiger partial charge in [0.05, 0.1) is 12.3 Å². The lowest BCUT2D eigenvalue weighted by Gasteiger charge is -2.29. The number of amides is 2. The van der Waals surface area contributed by atoms with E-state index in [9.17, 15) is 18.0 Å². The summed E-state index contributed by atoms with van der Waals surface area (Å²) in [6.45, 7) is 0. The molecule has 2 unspecified atom stereocenters. The number of sulfonamides is 1. The maximum absolute atomic E-state index is 12.1. The molecule has 1 aliphatic rings. The van der Waals surface area contributed by atoms with Crippen LogP contribution < -0.4 is 10.0 Å². The monoisotopic (exact) mass is 344 g/mol. The van der Waals surface area contributed by atoms with Gasteiger partial charge in [-0.25, -0.2) is 8.42 Å². The van der Waals surface area contributed by atoms with Crippen molar-refractivity contribution in [2.75, 3.05) is 6.26 Å². The van der Waals surface area contributed by atoms with Crippen LogP contribution in [-0.2, 0) is 19.6 Å². The Labute approximate surface area is 134 Å². The molecule has 1 fully saturated rings. The fourth-order valence-electron chi connectivity index (χ4n) is 2.47. The van der Waals surface area contributed by atoms with Gasteiger partial charge in [0, 0.05) is 17.4 Å². The number of piperidine rings is 1. The number of benzene rings is 1. The van der Waals surface area contributed by atoms with Crippen LogP contribution >= 0.6 is 11.6 Å². The smallest absolute Gasteiger partial charge is 0.234 e. The predicted octanol–water partition coefficient (Wildman–Crippen LogP) is 1.37. The average Bonchev–Trinajstić information content (AvgIpc) is 2.40. The summed E-state index contributed by atoms with van der Waals surface area (Å²) in [5, 5.41) is 3.49. The van der Waals surface area contributed by atoms with Gasteiger partial charge in [-0.1, -0.05) is 23.7 Å². The van der Waals surface area contributed by atoms with Crippen LogP contribution in [0, 0.1) is 5.92 Å². The molecule has 0 aromatic heterocycles. The maximum atomic E-state index is 12.1. The van der Waals surface area contributed by atoms with E-state index in [4.69, 9.17) is 11.6 Å². The molecule has 120 valence electrons. The van der Waals surface area contributed by atoms with E-state index in [1.54, 1.807) is 12.1 Å². The minimum atomic E-state index is -3.59. The summed E-state index contributed by atoms with van der Waals surface area (Å²) in [6, 6.07) is 7.11. The van der Waals surface area contributed by atoms with Crippen LogP contribution in [0.1, 0.15) is 30.9 Å². The number of carbonyl (C=O) groups excluding carboxylic acids is 2. The molecule has 2 N–H and O–H groups in total. The van der Waals surface area contributed by atoms with Gasteiger partial charge in [0.15, 0.2) is 0 Å². The minimum Gasteiger partial charge on any atom is -0.349 e. The van der Waals surface area contributed by atoms with E-state index >= 15 is 0 Å². The molecule has 1 heterocycles. The molecule has 1 aromatic rings. The lowest BCUT2D eigenvalue weighted by Crippen LogP contribution is -2.41. The molecule has 1 aliphatic heterocycles. The summed E-state index contributed by atoms with van der Waals surface area (Å²) in [4.78, 5) is 23.7. The number of rotatable bonds is 4. The van der Waals surface area contributed by atoms with Crippen molar-refractivity contribution in [3.05, 3.63) is 34.9 Å². The molecule has 1 saturated heterocycles. The molecular weight excluding hydrogens is 328 g/mol. The van der Waals surface area contributed by atoms with Gasteiger partial charge in [-0.3, -0.25) is 14.3 Å². The molecule has 0 aliphatic carbocycles. The quantitative estimate of drug-likeness (QED) is 0.862. The summed E-state index contributed by atoms with van der Waals surface area (Å²) >= 11 is 5.83. The number of hydrogen-bond acceptors (Lipinski definition) is 4. The van der Waals surface area contributed by atoms with Crippen molar-refractivity contribution in [2.24, 2.45) is 5.92 Å². The van der Waals surface area contributed by atoms with Crippen molar-refractivity contribution in [1.82, 2.24) is 10.0 Å². The summed E-state index contributed by atoms with van der Waals surface area (Å²) in [5.41, 5.74) is 0.955. The average molecular weight is 345 g/mol. The van der Waals surface area contributed by atoms with E-state index in [2.05, 4.69) is 5.32 Å². The van der Waals surface area contributed by atoms with Gasteiger partial charge < -0.3 is 5.32 Å². The van der Waals surface area contributed by atoms with Crippen molar-refractivity contribution < 1.29 is 18.0 Å². The Bertz CT molecular complexity index is 673. The zero-order valence-corrected chi connectivity index (χ0v) is 13.6. The first-order valence-corrected chi connectivity index (χ1v) is 9.08. The second-order valence-corrected chi connectivity index (χ2v) is 7.57. The van der Waals surface area contributed by atoms with Gasteiger partial charge in [0.25, 0.3) is 0 Å². The molecular formula is C14H17ClN2O4S. The molecule has 0 bridgehead atoms. The second kappa shape index (κ2) is 6.66. The molecule has 1 aromatic carbocycles. The maximum Gasteiger partial charge on any atom is 0.234 e. The Balaban J connectivity index is 1.94. The van der Waals surface area contributed by atoms with E-state index in [1.165, 1.54) is 0 Å². The first-order chi connectivity index (χ1) is 10.2. The summed E-state index contributed by atoms with van der Waals surface area (Å²) in [7, 11) is -3.59. The van der Waals surface area contributed by atoms with Crippen LogP contribution in [0.3, 0.4) is 0 Å². The third-order valence-electron chi connectivity index (χ3n) is 3.49. The van der Waals surface area contributed by atoms with E-state index < -0.39 is 21.8 Å². The molecule has 0 radical (unpaired) electrons. The SMILES string of the molecule is CS(=O)(=O)NC(=O)CC1CCC(c2ccc(Cl)cc2)NC1=O. The number of hydrogen-bond donors (Lipinski definition) is 2. The highest BCUT2D eigenvalue weighted by Gasteiger charge is 2.30. The van der Waals surface area contributed by atoms with Gasteiger partial charge in [0.1, 0.15) is 0 Å². The zero-order chi connectivity index (χ0) is 16.3. The predicted molar refractivity (Wildman–Crippen MR) is 82.7 cm³/mol. The van der Waals surface area contributed by atoms with Crippen LogP contribution in [-0.4, -0.2) is 26.5 Å². The normalized spacial score (nSPS) is 22.0.